The molecule has 0 saturated heterocycles. The van der Waals surface area contributed by atoms with Gasteiger partial charge in [-0.1, -0.05) is 67.3 Å². The minimum absolute atomic E-state index is 0.270. The second kappa shape index (κ2) is 7.98. The summed E-state index contributed by atoms with van der Waals surface area (Å²) in [6.45, 7) is 4.18. The van der Waals surface area contributed by atoms with Gasteiger partial charge >= 0.3 is 0 Å². The van der Waals surface area contributed by atoms with E-state index in [9.17, 15) is 8.42 Å². The van der Waals surface area contributed by atoms with Crippen molar-refractivity contribution in [1.82, 2.24) is 9.71 Å². The number of para-hydroxylation sites is 1. The molecule has 1 aliphatic rings. The lowest BCUT2D eigenvalue weighted by Gasteiger charge is -2.11. The highest BCUT2D eigenvalue weighted by Crippen LogP contribution is 2.32. The van der Waals surface area contributed by atoms with Crippen molar-refractivity contribution >= 4 is 38.8 Å². The van der Waals surface area contributed by atoms with Gasteiger partial charge in [-0.2, -0.15) is 0 Å². The zero-order valence-electron chi connectivity index (χ0n) is 17.2. The first-order valence-corrected chi connectivity index (χ1v) is 11.6. The average Bonchev–Trinajstić information content (AvgIpc) is 3.07. The third kappa shape index (κ3) is 3.76. The van der Waals surface area contributed by atoms with E-state index in [0.29, 0.717) is 29.3 Å². The number of aromatic nitrogens is 1. The third-order valence-corrected chi connectivity index (χ3v) is 6.73. The maximum atomic E-state index is 12.4. The Morgan fingerprint density at radius 2 is 1.72 bits per heavy atom. The van der Waals surface area contributed by atoms with Gasteiger partial charge in [0.2, 0.25) is 0 Å². The molecule has 4 aromatic rings. The SMILES string of the molecule is C=Cc1ccc(COc2cc(/C=C3/NS(=O)(=O)c4ccccc43)nc3ccccc23)cc1. The molecular weight excluding hydrogens is 420 g/mol. The van der Waals surface area contributed by atoms with Crippen LogP contribution in [0.1, 0.15) is 22.4 Å². The lowest BCUT2D eigenvalue weighted by molar-refractivity contribution is 0.310. The van der Waals surface area contributed by atoms with Crippen LogP contribution in [0.25, 0.3) is 28.8 Å². The predicted octanol–water partition coefficient (Wildman–Crippen LogP) is 5.25. The van der Waals surface area contributed by atoms with Crippen LogP contribution in [0.5, 0.6) is 5.75 Å². The molecule has 5 nitrogen and oxygen atoms in total. The van der Waals surface area contributed by atoms with Crippen LogP contribution in [-0.2, 0) is 16.6 Å². The summed E-state index contributed by atoms with van der Waals surface area (Å²) in [6, 6.07) is 24.5. The minimum atomic E-state index is -3.56. The highest BCUT2D eigenvalue weighted by molar-refractivity contribution is 7.90. The molecular formula is C26H20N2O3S. The van der Waals surface area contributed by atoms with Crippen molar-refractivity contribution in [2.24, 2.45) is 0 Å². The molecule has 0 saturated carbocycles. The number of hydrogen-bond acceptors (Lipinski definition) is 4. The van der Waals surface area contributed by atoms with Crippen molar-refractivity contribution < 1.29 is 13.2 Å². The number of rotatable bonds is 5. The highest BCUT2D eigenvalue weighted by atomic mass is 32.2. The Bertz CT molecular complexity index is 1470. The van der Waals surface area contributed by atoms with E-state index in [1.807, 2.05) is 60.7 Å². The van der Waals surface area contributed by atoms with E-state index in [2.05, 4.69) is 11.3 Å². The number of nitrogens with zero attached hydrogens (tertiary/aromatic N) is 1. The summed E-state index contributed by atoms with van der Waals surface area (Å²) in [7, 11) is -3.56. The number of pyridine rings is 1. The molecule has 0 amide bonds. The molecule has 158 valence electrons. The fourth-order valence-corrected chi connectivity index (χ4v) is 4.99. The Balaban J connectivity index is 1.52. The van der Waals surface area contributed by atoms with Crippen molar-refractivity contribution in [2.45, 2.75) is 11.5 Å². The molecule has 1 N–H and O–H groups in total. The standard InChI is InChI=1S/C26H20N2O3S/c1-2-18-11-13-19(14-12-18)17-31-25-16-20(27-23-9-5-3-7-21(23)25)15-24-22-8-4-6-10-26(22)32(29,30)28-24/h2-16,28H,1,17H2/b24-15+. The Morgan fingerprint density at radius 1 is 0.969 bits per heavy atom. The molecule has 3 aromatic carbocycles. The van der Waals surface area contributed by atoms with Crippen molar-refractivity contribution in [3.63, 3.8) is 0 Å². The van der Waals surface area contributed by atoms with Crippen molar-refractivity contribution in [3.05, 3.63) is 108 Å². The number of hydrogen-bond donors (Lipinski definition) is 1. The largest absolute Gasteiger partial charge is 0.488 e. The first-order valence-electron chi connectivity index (χ1n) is 10.1. The zero-order valence-corrected chi connectivity index (χ0v) is 18.0. The molecule has 1 aromatic heterocycles. The van der Waals surface area contributed by atoms with Crippen molar-refractivity contribution in [3.8, 4) is 5.75 Å². The van der Waals surface area contributed by atoms with Gasteiger partial charge in [0.1, 0.15) is 12.4 Å². The Hall–Kier alpha value is -3.90. The fourth-order valence-electron chi connectivity index (χ4n) is 3.70. The first-order chi connectivity index (χ1) is 15.5. The van der Waals surface area contributed by atoms with E-state index in [1.54, 1.807) is 30.4 Å². The monoisotopic (exact) mass is 440 g/mol. The molecule has 0 radical (unpaired) electrons. The van der Waals surface area contributed by atoms with Crippen LogP contribution < -0.4 is 9.46 Å². The van der Waals surface area contributed by atoms with E-state index in [-0.39, 0.29) is 4.90 Å². The van der Waals surface area contributed by atoms with Crippen LogP contribution in [0.4, 0.5) is 0 Å². The third-order valence-electron chi connectivity index (χ3n) is 5.31. The van der Waals surface area contributed by atoms with Gasteiger partial charge in [0, 0.05) is 17.0 Å². The molecule has 2 heterocycles. The van der Waals surface area contributed by atoms with E-state index < -0.39 is 10.0 Å². The Morgan fingerprint density at radius 3 is 2.53 bits per heavy atom. The number of benzene rings is 3. The molecule has 0 fully saturated rings. The molecule has 0 bridgehead atoms. The molecule has 1 aliphatic heterocycles. The molecule has 0 unspecified atom stereocenters. The molecule has 0 atom stereocenters. The van der Waals surface area contributed by atoms with E-state index in [4.69, 9.17) is 9.72 Å². The van der Waals surface area contributed by atoms with Crippen LogP contribution in [-0.4, -0.2) is 13.4 Å². The van der Waals surface area contributed by atoms with Crippen LogP contribution in [0.3, 0.4) is 0 Å². The molecule has 32 heavy (non-hydrogen) atoms. The van der Waals surface area contributed by atoms with Gasteiger partial charge in [0.05, 0.1) is 21.8 Å². The summed E-state index contributed by atoms with van der Waals surface area (Å²) >= 11 is 0. The highest BCUT2D eigenvalue weighted by Gasteiger charge is 2.29. The van der Waals surface area contributed by atoms with Gasteiger partial charge in [-0.25, -0.2) is 13.4 Å². The van der Waals surface area contributed by atoms with Gasteiger partial charge in [-0.3, -0.25) is 4.72 Å². The van der Waals surface area contributed by atoms with Crippen LogP contribution in [0.2, 0.25) is 0 Å². The smallest absolute Gasteiger partial charge is 0.262 e. The fraction of sp³-hybridized carbons (Fsp3) is 0.0385. The van der Waals surface area contributed by atoms with Gasteiger partial charge in [0.15, 0.2) is 0 Å². The van der Waals surface area contributed by atoms with Crippen molar-refractivity contribution in [2.75, 3.05) is 0 Å². The Labute approximate surface area is 186 Å². The second-order valence-corrected chi connectivity index (χ2v) is 9.11. The number of ether oxygens (including phenoxy) is 1. The van der Waals surface area contributed by atoms with Gasteiger partial charge < -0.3 is 4.74 Å². The number of sulfonamides is 1. The van der Waals surface area contributed by atoms with Crippen LogP contribution in [0, 0.1) is 0 Å². The van der Waals surface area contributed by atoms with Crippen LogP contribution >= 0.6 is 0 Å². The topological polar surface area (TPSA) is 68.3 Å². The van der Waals surface area contributed by atoms with Crippen molar-refractivity contribution in [1.29, 1.82) is 0 Å². The summed E-state index contributed by atoms with van der Waals surface area (Å²) in [6.07, 6.45) is 3.54. The van der Waals surface area contributed by atoms with Gasteiger partial charge in [-0.05, 0) is 35.4 Å². The molecule has 0 spiro atoms. The molecule has 0 aliphatic carbocycles. The zero-order chi connectivity index (χ0) is 22.1. The van der Waals surface area contributed by atoms with E-state index >= 15 is 0 Å². The summed E-state index contributed by atoms with van der Waals surface area (Å²) in [5, 5.41) is 0.893. The van der Waals surface area contributed by atoms with Gasteiger partial charge in [-0.15, -0.1) is 0 Å². The van der Waals surface area contributed by atoms with Gasteiger partial charge in [0.25, 0.3) is 10.0 Å². The number of fused-ring (bicyclic) bond motifs is 2. The average molecular weight is 441 g/mol. The minimum Gasteiger partial charge on any atom is -0.488 e. The summed E-state index contributed by atoms with van der Waals surface area (Å²) in [4.78, 5) is 4.97. The molecule has 6 heteroatoms. The molecule has 5 rings (SSSR count). The predicted molar refractivity (Wildman–Crippen MR) is 127 cm³/mol. The summed E-state index contributed by atoms with van der Waals surface area (Å²) < 4.78 is 33.7. The lowest BCUT2D eigenvalue weighted by Crippen LogP contribution is -2.13. The van der Waals surface area contributed by atoms with E-state index in [0.717, 1.165) is 22.0 Å². The first kappa shape index (κ1) is 20.0. The number of nitrogens with one attached hydrogen (secondary N) is 1. The summed E-state index contributed by atoms with van der Waals surface area (Å²) in [5.74, 6) is 0.685. The maximum Gasteiger partial charge on any atom is 0.262 e. The normalized spacial score (nSPS) is 15.3. The Kier molecular flexibility index (Phi) is 4.99. The van der Waals surface area contributed by atoms with E-state index in [1.165, 1.54) is 0 Å². The summed E-state index contributed by atoms with van der Waals surface area (Å²) in [5.41, 5.74) is 4.59. The lowest BCUT2D eigenvalue weighted by atomic mass is 10.1. The van der Waals surface area contributed by atoms with Crippen LogP contribution in [0.15, 0.2) is 90.3 Å². The second-order valence-electron chi connectivity index (χ2n) is 7.46. The quantitative estimate of drug-likeness (QED) is 0.460. The maximum absolute atomic E-state index is 12.4.